The van der Waals surface area contributed by atoms with E-state index in [4.69, 9.17) is 4.98 Å². The van der Waals surface area contributed by atoms with Crippen molar-refractivity contribution in [3.63, 3.8) is 0 Å². The lowest BCUT2D eigenvalue weighted by molar-refractivity contribution is 0.323. The third kappa shape index (κ3) is 3.43. The predicted molar refractivity (Wildman–Crippen MR) is 86.3 cm³/mol. The molecule has 114 valence electrons. The molecule has 3 rings (SSSR count). The first-order valence-corrected chi connectivity index (χ1v) is 8.04. The second kappa shape index (κ2) is 5.76. The van der Waals surface area contributed by atoms with Gasteiger partial charge in [-0.2, -0.15) is 0 Å². The summed E-state index contributed by atoms with van der Waals surface area (Å²) in [7, 11) is 0. The molecule has 1 aliphatic heterocycles. The summed E-state index contributed by atoms with van der Waals surface area (Å²) in [5.41, 5.74) is 2.33. The van der Waals surface area contributed by atoms with Crippen molar-refractivity contribution < 1.29 is 0 Å². The first kappa shape index (κ1) is 14.5. The number of fused-ring (bicyclic) bond motifs is 1. The number of hydrogen-bond acceptors (Lipinski definition) is 3. The predicted octanol–water partition coefficient (Wildman–Crippen LogP) is 3.02. The first-order chi connectivity index (χ1) is 10.0. The van der Waals surface area contributed by atoms with Gasteiger partial charge in [-0.25, -0.2) is 9.97 Å². The number of nitrogens with zero attached hydrogens (tertiary/aromatic N) is 3. The van der Waals surface area contributed by atoms with Crippen molar-refractivity contribution >= 4 is 11.2 Å². The molecule has 4 heteroatoms. The minimum absolute atomic E-state index is 0.243. The summed E-state index contributed by atoms with van der Waals surface area (Å²) in [6.07, 6.45) is 5.38. The fourth-order valence-electron chi connectivity index (χ4n) is 3.13. The summed E-state index contributed by atoms with van der Waals surface area (Å²) in [4.78, 5) is 9.43. The maximum absolute atomic E-state index is 4.85. The molecular weight excluding hydrogens is 260 g/mol. The fraction of sp³-hybridized carbons (Fsp3) is 0.647. The van der Waals surface area contributed by atoms with Crippen LogP contribution in [0.4, 0.5) is 0 Å². The summed E-state index contributed by atoms with van der Waals surface area (Å²) >= 11 is 0. The average molecular weight is 286 g/mol. The van der Waals surface area contributed by atoms with Crippen LogP contribution in [0.25, 0.3) is 11.2 Å². The number of hydrogen-bond donors (Lipinski definition) is 1. The largest absolute Gasteiger partial charge is 0.317 e. The highest BCUT2D eigenvalue weighted by Crippen LogP contribution is 2.25. The second-order valence-corrected chi connectivity index (χ2v) is 7.42. The first-order valence-electron chi connectivity index (χ1n) is 8.04. The topological polar surface area (TPSA) is 42.7 Å². The van der Waals surface area contributed by atoms with Crippen LogP contribution >= 0.6 is 0 Å². The molecule has 0 aromatic carbocycles. The SMILES string of the molecule is CC(C)(C)Cc1nc2cccnc2n1CC1CCNCC1. The molecule has 21 heavy (non-hydrogen) atoms. The third-order valence-electron chi connectivity index (χ3n) is 4.17. The highest BCUT2D eigenvalue weighted by molar-refractivity contribution is 5.71. The molecule has 0 saturated carbocycles. The highest BCUT2D eigenvalue weighted by atomic mass is 15.1. The van der Waals surface area contributed by atoms with Gasteiger partial charge in [0.25, 0.3) is 0 Å². The Hall–Kier alpha value is -1.42. The monoisotopic (exact) mass is 286 g/mol. The van der Waals surface area contributed by atoms with Crippen molar-refractivity contribution in [1.82, 2.24) is 19.9 Å². The smallest absolute Gasteiger partial charge is 0.159 e. The van der Waals surface area contributed by atoms with Gasteiger partial charge < -0.3 is 9.88 Å². The number of imidazole rings is 1. The third-order valence-corrected chi connectivity index (χ3v) is 4.17. The van der Waals surface area contributed by atoms with E-state index >= 15 is 0 Å². The molecule has 0 amide bonds. The molecule has 2 aromatic heterocycles. The fourth-order valence-corrected chi connectivity index (χ4v) is 3.13. The molecule has 1 fully saturated rings. The van der Waals surface area contributed by atoms with E-state index < -0.39 is 0 Å². The van der Waals surface area contributed by atoms with E-state index in [1.807, 2.05) is 12.3 Å². The van der Waals surface area contributed by atoms with Crippen LogP contribution in [0.2, 0.25) is 0 Å². The Morgan fingerprint density at radius 3 is 2.76 bits per heavy atom. The van der Waals surface area contributed by atoms with Crippen molar-refractivity contribution in [2.75, 3.05) is 13.1 Å². The van der Waals surface area contributed by atoms with Crippen molar-refractivity contribution in [2.24, 2.45) is 11.3 Å². The van der Waals surface area contributed by atoms with Gasteiger partial charge >= 0.3 is 0 Å². The van der Waals surface area contributed by atoms with Gasteiger partial charge in [0.2, 0.25) is 0 Å². The van der Waals surface area contributed by atoms with Crippen LogP contribution in [0.3, 0.4) is 0 Å². The second-order valence-electron chi connectivity index (χ2n) is 7.42. The molecule has 0 spiro atoms. The molecule has 3 heterocycles. The van der Waals surface area contributed by atoms with Gasteiger partial charge in [0.15, 0.2) is 5.65 Å². The van der Waals surface area contributed by atoms with Crippen LogP contribution in [0.1, 0.15) is 39.4 Å². The Labute approximate surface area is 127 Å². The summed E-state index contributed by atoms with van der Waals surface area (Å²) in [6, 6.07) is 4.05. The molecule has 1 saturated heterocycles. The molecule has 0 atom stereocenters. The summed E-state index contributed by atoms with van der Waals surface area (Å²) in [6.45, 7) is 10.1. The minimum Gasteiger partial charge on any atom is -0.317 e. The Balaban J connectivity index is 1.94. The standard InChI is InChI=1S/C17H26N4/c1-17(2,3)11-15-20-14-5-4-8-19-16(14)21(15)12-13-6-9-18-10-7-13/h4-5,8,13,18H,6-7,9-12H2,1-3H3. The number of nitrogens with one attached hydrogen (secondary N) is 1. The van der Waals surface area contributed by atoms with Gasteiger partial charge in [0.05, 0.1) is 0 Å². The number of pyridine rings is 1. The van der Waals surface area contributed by atoms with Crippen molar-refractivity contribution in [3.8, 4) is 0 Å². The quantitative estimate of drug-likeness (QED) is 0.943. The van der Waals surface area contributed by atoms with E-state index in [-0.39, 0.29) is 5.41 Å². The molecule has 0 radical (unpaired) electrons. The van der Waals surface area contributed by atoms with E-state index in [2.05, 4.69) is 41.7 Å². The minimum atomic E-state index is 0.243. The molecule has 1 aliphatic rings. The van der Waals surface area contributed by atoms with Gasteiger partial charge in [-0.15, -0.1) is 0 Å². The van der Waals surface area contributed by atoms with Gasteiger partial charge in [-0.1, -0.05) is 20.8 Å². The highest BCUT2D eigenvalue weighted by Gasteiger charge is 2.21. The van der Waals surface area contributed by atoms with Gasteiger partial charge in [0, 0.05) is 19.2 Å². The zero-order chi connectivity index (χ0) is 14.9. The Kier molecular flexibility index (Phi) is 3.98. The van der Waals surface area contributed by atoms with Crippen LogP contribution in [0.15, 0.2) is 18.3 Å². The summed E-state index contributed by atoms with van der Waals surface area (Å²) < 4.78 is 2.37. The van der Waals surface area contributed by atoms with Crippen molar-refractivity contribution in [1.29, 1.82) is 0 Å². The van der Waals surface area contributed by atoms with Crippen LogP contribution in [0, 0.1) is 11.3 Å². The van der Waals surface area contributed by atoms with Crippen LogP contribution in [0.5, 0.6) is 0 Å². The molecule has 1 N–H and O–H groups in total. The number of piperidine rings is 1. The zero-order valence-corrected chi connectivity index (χ0v) is 13.4. The lowest BCUT2D eigenvalue weighted by Gasteiger charge is -2.25. The lowest BCUT2D eigenvalue weighted by atomic mass is 9.91. The lowest BCUT2D eigenvalue weighted by Crippen LogP contribution is -2.30. The molecule has 0 aliphatic carbocycles. The van der Waals surface area contributed by atoms with Gasteiger partial charge in [-0.05, 0) is 49.4 Å². The normalized spacial score (nSPS) is 17.5. The van der Waals surface area contributed by atoms with Crippen LogP contribution < -0.4 is 5.32 Å². The Bertz CT molecular complexity index is 603. The van der Waals surface area contributed by atoms with Gasteiger partial charge in [0.1, 0.15) is 11.3 Å². The Morgan fingerprint density at radius 1 is 1.29 bits per heavy atom. The average Bonchev–Trinajstić information content (AvgIpc) is 2.76. The Morgan fingerprint density at radius 2 is 2.05 bits per heavy atom. The number of rotatable bonds is 3. The maximum atomic E-state index is 4.85. The van der Waals surface area contributed by atoms with E-state index in [9.17, 15) is 0 Å². The molecule has 0 unspecified atom stereocenters. The maximum Gasteiger partial charge on any atom is 0.159 e. The van der Waals surface area contributed by atoms with E-state index in [0.717, 1.165) is 43.1 Å². The van der Waals surface area contributed by atoms with Crippen LogP contribution in [-0.2, 0) is 13.0 Å². The van der Waals surface area contributed by atoms with E-state index in [1.54, 1.807) is 0 Å². The van der Waals surface area contributed by atoms with Crippen molar-refractivity contribution in [3.05, 3.63) is 24.2 Å². The molecular formula is C17H26N4. The van der Waals surface area contributed by atoms with E-state index in [1.165, 1.54) is 18.7 Å². The number of aromatic nitrogens is 3. The van der Waals surface area contributed by atoms with Gasteiger partial charge in [-0.3, -0.25) is 0 Å². The summed E-state index contributed by atoms with van der Waals surface area (Å²) in [5, 5.41) is 3.44. The van der Waals surface area contributed by atoms with Crippen LogP contribution in [-0.4, -0.2) is 27.6 Å². The molecule has 2 aromatic rings. The van der Waals surface area contributed by atoms with E-state index in [0.29, 0.717) is 0 Å². The van der Waals surface area contributed by atoms with Crippen molar-refractivity contribution in [2.45, 2.75) is 46.6 Å². The summed E-state index contributed by atoms with van der Waals surface area (Å²) in [5.74, 6) is 1.93. The molecule has 0 bridgehead atoms. The molecule has 4 nitrogen and oxygen atoms in total. The zero-order valence-electron chi connectivity index (χ0n) is 13.4.